The Morgan fingerprint density at radius 1 is 1.00 bits per heavy atom. The van der Waals surface area contributed by atoms with Crippen molar-refractivity contribution < 1.29 is 24.9 Å². The predicted molar refractivity (Wildman–Crippen MR) is 80.3 cm³/mol. The number of carbonyl (C=O) groups is 2. The van der Waals surface area contributed by atoms with Gasteiger partial charge in [-0.15, -0.1) is 0 Å². The lowest BCUT2D eigenvalue weighted by Crippen LogP contribution is -2.22. The van der Waals surface area contributed by atoms with Crippen LogP contribution in [0.3, 0.4) is 0 Å². The van der Waals surface area contributed by atoms with Crippen LogP contribution in [0.25, 0.3) is 0 Å². The minimum Gasteiger partial charge on any atom is -0.508 e. The Kier molecular flexibility index (Phi) is 4.47. The molecule has 114 valence electrons. The standard InChI is InChI=1S/C15H14N2O5/c18-10-6-4-9(5-7-10)16-8-13(19)17-12-3-1-2-11(14(12)20)15(21)22/h1-7,16,18,20H,8H2,(H,17,19)(H,21,22). The molecule has 7 nitrogen and oxygen atoms in total. The fourth-order valence-corrected chi connectivity index (χ4v) is 1.77. The van der Waals surface area contributed by atoms with Gasteiger partial charge in [-0.05, 0) is 36.4 Å². The molecule has 0 unspecified atom stereocenters. The van der Waals surface area contributed by atoms with Gasteiger partial charge in [-0.2, -0.15) is 0 Å². The Morgan fingerprint density at radius 3 is 2.32 bits per heavy atom. The van der Waals surface area contributed by atoms with E-state index >= 15 is 0 Å². The first kappa shape index (κ1) is 15.2. The molecule has 0 aliphatic heterocycles. The molecule has 0 aromatic heterocycles. The summed E-state index contributed by atoms with van der Waals surface area (Å²) in [5, 5.41) is 33.1. The molecule has 0 fully saturated rings. The van der Waals surface area contributed by atoms with Crippen molar-refractivity contribution in [3.63, 3.8) is 0 Å². The molecule has 0 spiro atoms. The van der Waals surface area contributed by atoms with E-state index in [4.69, 9.17) is 10.2 Å². The molecule has 2 aromatic rings. The largest absolute Gasteiger partial charge is 0.508 e. The van der Waals surface area contributed by atoms with Crippen molar-refractivity contribution in [2.24, 2.45) is 0 Å². The van der Waals surface area contributed by atoms with E-state index in [2.05, 4.69) is 10.6 Å². The Balaban J connectivity index is 1.99. The number of nitrogens with one attached hydrogen (secondary N) is 2. The summed E-state index contributed by atoms with van der Waals surface area (Å²) in [4.78, 5) is 22.7. The van der Waals surface area contributed by atoms with Crippen molar-refractivity contribution >= 4 is 23.3 Å². The third kappa shape index (κ3) is 3.66. The molecule has 22 heavy (non-hydrogen) atoms. The van der Waals surface area contributed by atoms with Crippen LogP contribution in [-0.2, 0) is 4.79 Å². The van der Waals surface area contributed by atoms with E-state index in [0.717, 1.165) is 0 Å². The van der Waals surface area contributed by atoms with Gasteiger partial charge >= 0.3 is 5.97 Å². The Morgan fingerprint density at radius 2 is 1.68 bits per heavy atom. The Hall–Kier alpha value is -3.22. The maximum absolute atomic E-state index is 11.8. The summed E-state index contributed by atoms with van der Waals surface area (Å²) in [5.74, 6) is -2.11. The summed E-state index contributed by atoms with van der Waals surface area (Å²) in [7, 11) is 0. The van der Waals surface area contributed by atoms with Gasteiger partial charge in [-0.1, -0.05) is 6.07 Å². The summed E-state index contributed by atoms with van der Waals surface area (Å²) in [6, 6.07) is 10.2. The molecule has 0 atom stereocenters. The quantitative estimate of drug-likeness (QED) is 0.425. The molecule has 0 saturated carbocycles. The number of carboxylic acids is 1. The first-order chi connectivity index (χ1) is 10.5. The zero-order valence-corrected chi connectivity index (χ0v) is 11.4. The van der Waals surface area contributed by atoms with Crippen LogP contribution in [-0.4, -0.2) is 33.7 Å². The van der Waals surface area contributed by atoms with Crippen LogP contribution < -0.4 is 10.6 Å². The summed E-state index contributed by atoms with van der Waals surface area (Å²) >= 11 is 0. The van der Waals surface area contributed by atoms with Gasteiger partial charge in [0.2, 0.25) is 5.91 Å². The lowest BCUT2D eigenvalue weighted by Gasteiger charge is -2.10. The number of anilines is 2. The smallest absolute Gasteiger partial charge is 0.339 e. The number of hydrogen-bond donors (Lipinski definition) is 5. The first-order valence-electron chi connectivity index (χ1n) is 6.35. The highest BCUT2D eigenvalue weighted by molar-refractivity contribution is 5.99. The maximum atomic E-state index is 11.8. The van der Waals surface area contributed by atoms with E-state index in [9.17, 15) is 14.7 Å². The molecule has 7 heteroatoms. The van der Waals surface area contributed by atoms with Gasteiger partial charge in [0.15, 0.2) is 5.75 Å². The van der Waals surface area contributed by atoms with E-state index in [-0.39, 0.29) is 23.5 Å². The predicted octanol–water partition coefficient (Wildman–Crippen LogP) is 1.85. The molecule has 2 rings (SSSR count). The van der Waals surface area contributed by atoms with Crippen molar-refractivity contribution in [2.45, 2.75) is 0 Å². The van der Waals surface area contributed by atoms with Gasteiger partial charge in [-0.25, -0.2) is 4.79 Å². The Labute approximate surface area is 125 Å². The molecule has 0 aliphatic rings. The molecule has 0 bridgehead atoms. The molecular weight excluding hydrogens is 288 g/mol. The number of phenolic OH excluding ortho intramolecular Hbond substituents is 1. The van der Waals surface area contributed by atoms with Gasteiger partial charge in [0.05, 0.1) is 12.2 Å². The highest BCUT2D eigenvalue weighted by Gasteiger charge is 2.14. The number of carboxylic acid groups (broad SMARTS) is 1. The van der Waals surface area contributed by atoms with E-state index < -0.39 is 17.6 Å². The summed E-state index contributed by atoms with van der Waals surface area (Å²) in [6.45, 7) is -0.0818. The molecule has 2 aromatic carbocycles. The van der Waals surface area contributed by atoms with Crippen molar-refractivity contribution in [3.8, 4) is 11.5 Å². The average Bonchev–Trinajstić information content (AvgIpc) is 2.48. The van der Waals surface area contributed by atoms with Gasteiger partial charge in [0.1, 0.15) is 11.3 Å². The molecule has 5 N–H and O–H groups in total. The maximum Gasteiger partial charge on any atom is 0.339 e. The monoisotopic (exact) mass is 302 g/mol. The normalized spacial score (nSPS) is 10.0. The molecule has 0 heterocycles. The van der Waals surface area contributed by atoms with Crippen molar-refractivity contribution in [1.29, 1.82) is 0 Å². The summed E-state index contributed by atoms with van der Waals surface area (Å²) in [5.41, 5.74) is 0.373. The third-order valence-electron chi connectivity index (χ3n) is 2.86. The van der Waals surface area contributed by atoms with Crippen LogP contribution >= 0.6 is 0 Å². The van der Waals surface area contributed by atoms with Gasteiger partial charge < -0.3 is 26.0 Å². The fourth-order valence-electron chi connectivity index (χ4n) is 1.77. The number of hydrogen-bond acceptors (Lipinski definition) is 5. The number of para-hydroxylation sites is 1. The molecule has 0 radical (unpaired) electrons. The van der Waals surface area contributed by atoms with E-state index in [1.807, 2.05) is 0 Å². The fraction of sp³-hybridized carbons (Fsp3) is 0.0667. The van der Waals surface area contributed by atoms with E-state index in [0.29, 0.717) is 5.69 Å². The highest BCUT2D eigenvalue weighted by Crippen LogP contribution is 2.27. The topological polar surface area (TPSA) is 119 Å². The molecular formula is C15H14N2O5. The van der Waals surface area contributed by atoms with Crippen molar-refractivity contribution in [3.05, 3.63) is 48.0 Å². The zero-order chi connectivity index (χ0) is 16.1. The SMILES string of the molecule is O=C(CNc1ccc(O)cc1)Nc1cccc(C(=O)O)c1O. The second-order valence-corrected chi connectivity index (χ2v) is 4.46. The van der Waals surface area contributed by atoms with Crippen LogP contribution in [0.15, 0.2) is 42.5 Å². The zero-order valence-electron chi connectivity index (χ0n) is 11.4. The van der Waals surface area contributed by atoms with Gasteiger partial charge in [0.25, 0.3) is 0 Å². The lowest BCUT2D eigenvalue weighted by atomic mass is 10.1. The second-order valence-electron chi connectivity index (χ2n) is 4.46. The minimum absolute atomic E-state index is 0.0254. The number of amides is 1. The van der Waals surface area contributed by atoms with Crippen LogP contribution in [0.2, 0.25) is 0 Å². The first-order valence-corrected chi connectivity index (χ1v) is 6.35. The number of carbonyl (C=O) groups excluding carboxylic acids is 1. The second kappa shape index (κ2) is 6.49. The number of aromatic carboxylic acids is 1. The third-order valence-corrected chi connectivity index (χ3v) is 2.86. The van der Waals surface area contributed by atoms with Crippen LogP contribution in [0.4, 0.5) is 11.4 Å². The summed E-state index contributed by atoms with van der Waals surface area (Å²) in [6.07, 6.45) is 0. The molecule has 1 amide bonds. The lowest BCUT2D eigenvalue weighted by molar-refractivity contribution is -0.114. The number of rotatable bonds is 5. The van der Waals surface area contributed by atoms with Gasteiger partial charge in [-0.3, -0.25) is 4.79 Å². The minimum atomic E-state index is -1.28. The summed E-state index contributed by atoms with van der Waals surface area (Å²) < 4.78 is 0. The van der Waals surface area contributed by atoms with Gasteiger partial charge in [0, 0.05) is 5.69 Å². The van der Waals surface area contributed by atoms with Crippen LogP contribution in [0.5, 0.6) is 11.5 Å². The number of aromatic hydroxyl groups is 2. The van der Waals surface area contributed by atoms with E-state index in [1.165, 1.54) is 30.3 Å². The van der Waals surface area contributed by atoms with Crippen molar-refractivity contribution in [2.75, 3.05) is 17.2 Å². The Bertz CT molecular complexity index is 698. The average molecular weight is 302 g/mol. The molecule has 0 aliphatic carbocycles. The van der Waals surface area contributed by atoms with Crippen LogP contribution in [0, 0.1) is 0 Å². The molecule has 0 saturated heterocycles. The number of benzene rings is 2. The van der Waals surface area contributed by atoms with Crippen molar-refractivity contribution in [1.82, 2.24) is 0 Å². The highest BCUT2D eigenvalue weighted by atomic mass is 16.4. The van der Waals surface area contributed by atoms with E-state index in [1.54, 1.807) is 12.1 Å². The van der Waals surface area contributed by atoms with Crippen LogP contribution in [0.1, 0.15) is 10.4 Å². The number of phenols is 2.